The van der Waals surface area contributed by atoms with Gasteiger partial charge in [-0.15, -0.1) is 0 Å². The number of carbonyl (C=O) groups is 1. The minimum Gasteiger partial charge on any atom is -0.489 e. The van der Waals surface area contributed by atoms with Crippen molar-refractivity contribution in [2.24, 2.45) is 0 Å². The van der Waals surface area contributed by atoms with Crippen LogP contribution in [0.15, 0.2) is 18.3 Å². The van der Waals surface area contributed by atoms with Crippen molar-refractivity contribution in [1.82, 2.24) is 9.88 Å². The molecule has 188 valence electrons. The van der Waals surface area contributed by atoms with E-state index in [0.717, 1.165) is 37.6 Å². The zero-order chi connectivity index (χ0) is 25.1. The van der Waals surface area contributed by atoms with E-state index in [0.29, 0.717) is 29.1 Å². The number of hydrogen-bond donors (Lipinski definition) is 0. The van der Waals surface area contributed by atoms with Crippen molar-refractivity contribution in [2.75, 3.05) is 57.9 Å². The first kappa shape index (κ1) is 26.7. The second-order valence-corrected chi connectivity index (χ2v) is 15.5. The van der Waals surface area contributed by atoms with Crippen LogP contribution in [0.3, 0.4) is 0 Å². The van der Waals surface area contributed by atoms with Gasteiger partial charge in [-0.05, 0) is 38.2 Å². The highest BCUT2D eigenvalue weighted by Crippen LogP contribution is 2.38. The third-order valence-corrected chi connectivity index (χ3v) is 11.8. The van der Waals surface area contributed by atoms with Gasteiger partial charge in [0.25, 0.3) is 0 Å². The summed E-state index contributed by atoms with van der Waals surface area (Å²) in [6, 6.07) is 3.90. The predicted octanol–water partition coefficient (Wildman–Crippen LogP) is 5.22. The highest BCUT2D eigenvalue weighted by Gasteiger charge is 2.37. The molecule has 0 spiro atoms. The molecule has 0 atom stereocenters. The Hall–Kier alpha value is -1.87. The normalized spacial score (nSPS) is 15.6. The molecular formula is C25H38ClN3O4Si. The summed E-state index contributed by atoms with van der Waals surface area (Å²) in [5.41, 5.74) is 1.91. The van der Waals surface area contributed by atoms with Crippen molar-refractivity contribution >= 4 is 42.5 Å². The van der Waals surface area contributed by atoms with Gasteiger partial charge >= 0.3 is 5.97 Å². The lowest BCUT2D eigenvalue weighted by Gasteiger charge is -2.36. The van der Waals surface area contributed by atoms with Crippen LogP contribution in [-0.2, 0) is 9.16 Å². The van der Waals surface area contributed by atoms with Gasteiger partial charge in [-0.25, -0.2) is 4.79 Å². The number of nitrogens with zero attached hydrogens (tertiary/aromatic N) is 3. The van der Waals surface area contributed by atoms with E-state index in [9.17, 15) is 4.79 Å². The predicted molar refractivity (Wildman–Crippen MR) is 141 cm³/mol. The SMILES string of the molecule is CCOC(=O)c1cnc2cc(OCCO[Si](C)(C)C(C)(C)C)c(N3CCN(C)CC3)cc2c1Cl. The molecule has 2 aromatic rings. The van der Waals surface area contributed by atoms with Gasteiger partial charge in [0, 0.05) is 43.8 Å². The number of pyridine rings is 1. The average molecular weight is 508 g/mol. The molecule has 7 nitrogen and oxygen atoms in total. The fourth-order valence-electron chi connectivity index (χ4n) is 3.60. The van der Waals surface area contributed by atoms with Gasteiger partial charge in [-0.2, -0.15) is 0 Å². The number of carbonyl (C=O) groups excluding carboxylic acids is 1. The molecule has 34 heavy (non-hydrogen) atoms. The van der Waals surface area contributed by atoms with E-state index in [4.69, 9.17) is 25.5 Å². The molecule has 1 saturated heterocycles. The molecule has 1 aliphatic heterocycles. The van der Waals surface area contributed by atoms with Crippen LogP contribution in [0, 0.1) is 0 Å². The second-order valence-electron chi connectivity index (χ2n) is 10.3. The summed E-state index contributed by atoms with van der Waals surface area (Å²) in [5, 5.41) is 1.22. The highest BCUT2D eigenvalue weighted by atomic mass is 35.5. The number of esters is 1. The molecule has 1 aromatic carbocycles. The number of likely N-dealkylation sites (N-methyl/N-ethyl adjacent to an activating group) is 1. The molecule has 0 unspecified atom stereocenters. The van der Waals surface area contributed by atoms with Gasteiger partial charge in [-0.1, -0.05) is 32.4 Å². The number of piperazine rings is 1. The van der Waals surface area contributed by atoms with Crippen LogP contribution in [0.1, 0.15) is 38.1 Å². The summed E-state index contributed by atoms with van der Waals surface area (Å²) < 4.78 is 17.7. The largest absolute Gasteiger partial charge is 0.489 e. The fourth-order valence-corrected chi connectivity index (χ4v) is 4.91. The highest BCUT2D eigenvalue weighted by molar-refractivity contribution is 6.74. The van der Waals surface area contributed by atoms with Crippen LogP contribution in [0.5, 0.6) is 5.75 Å². The molecule has 0 amide bonds. The van der Waals surface area contributed by atoms with Gasteiger partial charge in [-0.3, -0.25) is 4.98 Å². The summed E-state index contributed by atoms with van der Waals surface area (Å²) in [6.45, 7) is 17.9. The van der Waals surface area contributed by atoms with Crippen molar-refractivity contribution in [3.05, 3.63) is 28.9 Å². The van der Waals surface area contributed by atoms with Crippen LogP contribution in [0.4, 0.5) is 5.69 Å². The Balaban J connectivity index is 1.90. The molecule has 1 aliphatic rings. The van der Waals surface area contributed by atoms with Crippen molar-refractivity contribution < 1.29 is 18.7 Å². The molecule has 9 heteroatoms. The topological polar surface area (TPSA) is 64.1 Å². The zero-order valence-corrected chi connectivity index (χ0v) is 23.3. The quantitative estimate of drug-likeness (QED) is 0.276. The smallest absolute Gasteiger partial charge is 0.341 e. The van der Waals surface area contributed by atoms with Gasteiger partial charge in [0.1, 0.15) is 12.4 Å². The zero-order valence-electron chi connectivity index (χ0n) is 21.5. The number of aromatic nitrogens is 1. The first-order chi connectivity index (χ1) is 15.9. The first-order valence-electron chi connectivity index (χ1n) is 11.9. The van der Waals surface area contributed by atoms with Crippen LogP contribution in [0.2, 0.25) is 23.2 Å². The minimum absolute atomic E-state index is 0.151. The maximum atomic E-state index is 12.3. The number of halogens is 1. The number of benzene rings is 1. The Morgan fingerprint density at radius 2 is 1.82 bits per heavy atom. The minimum atomic E-state index is -1.84. The maximum absolute atomic E-state index is 12.3. The molecule has 0 aliphatic carbocycles. The van der Waals surface area contributed by atoms with E-state index >= 15 is 0 Å². The van der Waals surface area contributed by atoms with E-state index in [1.165, 1.54) is 6.20 Å². The van der Waals surface area contributed by atoms with Gasteiger partial charge in [0.2, 0.25) is 0 Å². The lowest BCUT2D eigenvalue weighted by atomic mass is 10.1. The number of anilines is 1. The number of fused-ring (bicyclic) bond motifs is 1. The van der Waals surface area contributed by atoms with E-state index in [1.807, 2.05) is 12.1 Å². The molecule has 0 radical (unpaired) electrons. The molecule has 1 fully saturated rings. The summed E-state index contributed by atoms with van der Waals surface area (Å²) in [7, 11) is 0.283. The monoisotopic (exact) mass is 507 g/mol. The molecular weight excluding hydrogens is 470 g/mol. The Morgan fingerprint density at radius 3 is 2.44 bits per heavy atom. The van der Waals surface area contributed by atoms with E-state index in [1.54, 1.807) is 6.92 Å². The number of rotatable bonds is 8. The lowest BCUT2D eigenvalue weighted by Crippen LogP contribution is -2.44. The van der Waals surface area contributed by atoms with E-state index in [2.05, 4.69) is 55.7 Å². The Bertz CT molecular complexity index is 1020. The second kappa shape index (κ2) is 10.8. The molecule has 0 saturated carbocycles. The summed E-state index contributed by atoms with van der Waals surface area (Å²) in [6.07, 6.45) is 1.47. The number of hydrogen-bond acceptors (Lipinski definition) is 7. The van der Waals surface area contributed by atoms with Crippen LogP contribution >= 0.6 is 11.6 Å². The summed E-state index contributed by atoms with van der Waals surface area (Å²) >= 11 is 6.65. The Labute approximate surface area is 209 Å². The first-order valence-corrected chi connectivity index (χ1v) is 15.2. The third kappa shape index (κ3) is 6.03. The van der Waals surface area contributed by atoms with Crippen molar-refractivity contribution in [2.45, 2.75) is 45.8 Å². The van der Waals surface area contributed by atoms with Gasteiger partial charge < -0.3 is 23.7 Å². The average Bonchev–Trinajstić information content (AvgIpc) is 2.76. The fraction of sp³-hybridized carbons (Fsp3) is 0.600. The third-order valence-electron chi connectivity index (χ3n) is 6.83. The molecule has 3 rings (SSSR count). The van der Waals surface area contributed by atoms with Crippen LogP contribution in [-0.4, -0.2) is 77.2 Å². The maximum Gasteiger partial charge on any atom is 0.341 e. The van der Waals surface area contributed by atoms with Crippen molar-refractivity contribution in [3.63, 3.8) is 0 Å². The standard InChI is InChI=1S/C25H38ClN3O4Si/c1-8-31-24(30)19-17-27-20-16-22(32-13-14-33-34(6,7)25(2,3)4)21(15-18(20)23(19)26)29-11-9-28(5)10-12-29/h15-17H,8-14H2,1-7H3. The molecule has 2 heterocycles. The van der Waals surface area contributed by atoms with Gasteiger partial charge in [0.05, 0.1) is 35.0 Å². The molecule has 1 aromatic heterocycles. The number of ether oxygens (including phenoxy) is 2. The Morgan fingerprint density at radius 1 is 1.15 bits per heavy atom. The van der Waals surface area contributed by atoms with Crippen molar-refractivity contribution in [3.8, 4) is 5.75 Å². The van der Waals surface area contributed by atoms with Crippen LogP contribution < -0.4 is 9.64 Å². The van der Waals surface area contributed by atoms with Crippen LogP contribution in [0.25, 0.3) is 10.9 Å². The molecule has 0 bridgehead atoms. The summed E-state index contributed by atoms with van der Waals surface area (Å²) in [5.74, 6) is 0.287. The van der Waals surface area contributed by atoms with E-state index in [-0.39, 0.29) is 17.2 Å². The Kier molecular flexibility index (Phi) is 8.50. The lowest BCUT2D eigenvalue weighted by molar-refractivity contribution is 0.0526. The van der Waals surface area contributed by atoms with Crippen molar-refractivity contribution in [1.29, 1.82) is 0 Å². The summed E-state index contributed by atoms with van der Waals surface area (Å²) in [4.78, 5) is 21.4. The van der Waals surface area contributed by atoms with E-state index < -0.39 is 14.3 Å². The van der Waals surface area contributed by atoms with Gasteiger partial charge in [0.15, 0.2) is 8.32 Å². The molecule has 0 N–H and O–H groups in total.